The summed E-state index contributed by atoms with van der Waals surface area (Å²) in [7, 11) is 0. The average molecular weight is 366 g/mol. The number of nitrogens with one attached hydrogen (secondary N) is 1. The van der Waals surface area contributed by atoms with Gasteiger partial charge in [-0.3, -0.25) is 4.79 Å². The first-order chi connectivity index (χ1) is 6.68. The van der Waals surface area contributed by atoms with Crippen LogP contribution in [0.4, 0.5) is 5.69 Å². The van der Waals surface area contributed by atoms with E-state index in [2.05, 4.69) is 43.8 Å². The van der Waals surface area contributed by atoms with Crippen molar-refractivity contribution in [3.8, 4) is 0 Å². The normalized spacial score (nSPS) is 15.7. The summed E-state index contributed by atoms with van der Waals surface area (Å²) in [5.41, 5.74) is 1.82. The summed E-state index contributed by atoms with van der Waals surface area (Å²) in [5.74, 6) is 0.240. The minimum atomic E-state index is 0.240. The van der Waals surface area contributed by atoms with Gasteiger partial charge in [0.1, 0.15) is 0 Å². The number of rotatable bonds is 0. The van der Waals surface area contributed by atoms with Crippen LogP contribution in [0.25, 0.3) is 0 Å². The molecule has 1 N–H and O–H groups in total. The first-order valence-corrected chi connectivity index (χ1v) is 6.32. The number of hydrogen-bond acceptors (Lipinski definition) is 2. The van der Waals surface area contributed by atoms with Gasteiger partial charge in [-0.05, 0) is 41.1 Å². The molecule has 74 valence electrons. The lowest BCUT2D eigenvalue weighted by molar-refractivity contribution is 0.0983. The van der Waals surface area contributed by atoms with Gasteiger partial charge in [-0.15, -0.1) is 0 Å². The van der Waals surface area contributed by atoms with Crippen LogP contribution >= 0.6 is 38.5 Å². The molecule has 0 saturated heterocycles. The van der Waals surface area contributed by atoms with Gasteiger partial charge in [0.2, 0.25) is 0 Å². The number of Topliss-reactive ketones (excluding diaryl/α,β-unsaturated/α-hetero) is 1. The molecule has 14 heavy (non-hydrogen) atoms. The Labute approximate surface area is 105 Å². The van der Waals surface area contributed by atoms with E-state index < -0.39 is 0 Å². The Balaban J connectivity index is 2.58. The molecule has 0 fully saturated rings. The summed E-state index contributed by atoms with van der Waals surface area (Å²) in [6.07, 6.45) is 1.56. The quantitative estimate of drug-likeness (QED) is 0.713. The lowest BCUT2D eigenvalue weighted by Gasteiger charge is -2.09. The number of carbonyl (C=O) groups excluding carboxylic acids is 1. The Morgan fingerprint density at radius 2 is 2.21 bits per heavy atom. The van der Waals surface area contributed by atoms with Crippen molar-refractivity contribution in [1.29, 1.82) is 0 Å². The van der Waals surface area contributed by atoms with E-state index in [0.29, 0.717) is 6.42 Å². The SMILES string of the molecule is O=C1CCCNc2c(I)cc(Br)cc21. The zero-order valence-electron chi connectivity index (χ0n) is 7.44. The highest BCUT2D eigenvalue weighted by Crippen LogP contribution is 2.30. The van der Waals surface area contributed by atoms with Crippen LogP contribution in [0.3, 0.4) is 0 Å². The number of anilines is 1. The van der Waals surface area contributed by atoms with E-state index in [9.17, 15) is 4.79 Å². The fraction of sp³-hybridized carbons (Fsp3) is 0.300. The van der Waals surface area contributed by atoms with Crippen LogP contribution in [-0.2, 0) is 0 Å². The van der Waals surface area contributed by atoms with E-state index in [-0.39, 0.29) is 5.78 Å². The van der Waals surface area contributed by atoms with Gasteiger partial charge in [0, 0.05) is 26.6 Å². The Bertz CT molecular complexity index is 392. The second kappa shape index (κ2) is 4.18. The van der Waals surface area contributed by atoms with Crippen molar-refractivity contribution >= 4 is 50.0 Å². The van der Waals surface area contributed by atoms with E-state index in [1.165, 1.54) is 0 Å². The van der Waals surface area contributed by atoms with Gasteiger partial charge in [0.15, 0.2) is 5.78 Å². The summed E-state index contributed by atoms with van der Waals surface area (Å²) in [6.45, 7) is 0.885. The minimum Gasteiger partial charge on any atom is -0.384 e. The smallest absolute Gasteiger partial charge is 0.165 e. The summed E-state index contributed by atoms with van der Waals surface area (Å²) < 4.78 is 2.07. The molecule has 0 aliphatic carbocycles. The topological polar surface area (TPSA) is 29.1 Å². The second-order valence-electron chi connectivity index (χ2n) is 3.26. The van der Waals surface area contributed by atoms with E-state index in [1.807, 2.05) is 12.1 Å². The lowest BCUT2D eigenvalue weighted by atomic mass is 10.1. The van der Waals surface area contributed by atoms with Crippen LogP contribution in [0.5, 0.6) is 0 Å². The van der Waals surface area contributed by atoms with Crippen molar-refractivity contribution in [3.63, 3.8) is 0 Å². The second-order valence-corrected chi connectivity index (χ2v) is 5.34. The van der Waals surface area contributed by atoms with Crippen LogP contribution in [0.2, 0.25) is 0 Å². The van der Waals surface area contributed by atoms with Gasteiger partial charge < -0.3 is 5.32 Å². The fourth-order valence-corrected chi connectivity index (χ4v) is 3.27. The number of halogens is 2. The summed E-state index contributed by atoms with van der Waals surface area (Å²) in [6, 6.07) is 3.92. The lowest BCUT2D eigenvalue weighted by Crippen LogP contribution is -2.02. The molecule has 0 atom stereocenters. The number of carbonyl (C=O) groups is 1. The summed E-state index contributed by atoms with van der Waals surface area (Å²) in [5, 5.41) is 3.30. The summed E-state index contributed by atoms with van der Waals surface area (Å²) in [4.78, 5) is 11.7. The largest absolute Gasteiger partial charge is 0.384 e. The molecule has 0 radical (unpaired) electrons. The third-order valence-electron chi connectivity index (χ3n) is 2.24. The standard InChI is InChI=1S/C10H9BrINO/c11-6-4-7-9(14)2-1-3-13-10(7)8(12)5-6/h4-5,13H,1-3H2. The summed E-state index contributed by atoms with van der Waals surface area (Å²) >= 11 is 5.66. The molecular weight excluding hydrogens is 357 g/mol. The van der Waals surface area contributed by atoms with Gasteiger partial charge >= 0.3 is 0 Å². The van der Waals surface area contributed by atoms with E-state index >= 15 is 0 Å². The molecule has 0 saturated carbocycles. The zero-order chi connectivity index (χ0) is 10.1. The third kappa shape index (κ3) is 1.95. The van der Waals surface area contributed by atoms with Crippen LogP contribution < -0.4 is 5.32 Å². The molecule has 1 aromatic rings. The molecule has 1 aliphatic heterocycles. The van der Waals surface area contributed by atoms with Crippen molar-refractivity contribution in [2.45, 2.75) is 12.8 Å². The van der Waals surface area contributed by atoms with E-state index in [0.717, 1.165) is 32.3 Å². The Morgan fingerprint density at radius 3 is 3.00 bits per heavy atom. The number of benzene rings is 1. The highest BCUT2D eigenvalue weighted by Gasteiger charge is 2.17. The van der Waals surface area contributed by atoms with Gasteiger partial charge in [0.25, 0.3) is 0 Å². The molecule has 0 amide bonds. The monoisotopic (exact) mass is 365 g/mol. The van der Waals surface area contributed by atoms with Gasteiger partial charge in [-0.2, -0.15) is 0 Å². The highest BCUT2D eigenvalue weighted by molar-refractivity contribution is 14.1. The van der Waals surface area contributed by atoms with Crippen molar-refractivity contribution < 1.29 is 4.79 Å². The molecule has 4 heteroatoms. The van der Waals surface area contributed by atoms with Crippen LogP contribution in [0.1, 0.15) is 23.2 Å². The maximum Gasteiger partial charge on any atom is 0.165 e. The number of fused-ring (bicyclic) bond motifs is 1. The molecule has 1 heterocycles. The van der Waals surface area contributed by atoms with E-state index in [1.54, 1.807) is 0 Å². The number of hydrogen-bond donors (Lipinski definition) is 1. The van der Waals surface area contributed by atoms with Crippen LogP contribution in [-0.4, -0.2) is 12.3 Å². The van der Waals surface area contributed by atoms with Crippen LogP contribution in [0.15, 0.2) is 16.6 Å². The van der Waals surface area contributed by atoms with Crippen molar-refractivity contribution in [2.75, 3.05) is 11.9 Å². The first kappa shape index (κ1) is 10.4. The van der Waals surface area contributed by atoms with Crippen molar-refractivity contribution in [2.24, 2.45) is 0 Å². The molecule has 1 aromatic carbocycles. The maximum absolute atomic E-state index is 11.7. The molecule has 2 nitrogen and oxygen atoms in total. The van der Waals surface area contributed by atoms with Gasteiger partial charge in [-0.25, -0.2) is 0 Å². The molecule has 0 bridgehead atoms. The molecule has 0 aromatic heterocycles. The maximum atomic E-state index is 11.7. The molecule has 2 rings (SSSR count). The average Bonchev–Trinajstić information content (AvgIpc) is 2.29. The Hall–Kier alpha value is -0.100. The van der Waals surface area contributed by atoms with Crippen molar-refractivity contribution in [3.05, 3.63) is 25.7 Å². The first-order valence-electron chi connectivity index (χ1n) is 4.44. The predicted octanol–water partition coefficient (Wildman–Crippen LogP) is 3.44. The van der Waals surface area contributed by atoms with Crippen LogP contribution in [0, 0.1) is 3.57 Å². The highest BCUT2D eigenvalue weighted by atomic mass is 127. The molecule has 1 aliphatic rings. The Kier molecular flexibility index (Phi) is 3.11. The Morgan fingerprint density at radius 1 is 1.43 bits per heavy atom. The van der Waals surface area contributed by atoms with Crippen molar-refractivity contribution in [1.82, 2.24) is 0 Å². The molecule has 0 spiro atoms. The third-order valence-corrected chi connectivity index (χ3v) is 3.55. The van der Waals surface area contributed by atoms with E-state index in [4.69, 9.17) is 0 Å². The molecule has 0 unspecified atom stereocenters. The zero-order valence-corrected chi connectivity index (χ0v) is 11.2. The van der Waals surface area contributed by atoms with Gasteiger partial charge in [0.05, 0.1) is 5.69 Å². The number of ketones is 1. The molecular formula is C10H9BrINO. The fourth-order valence-electron chi connectivity index (χ4n) is 1.57. The van der Waals surface area contributed by atoms with Gasteiger partial charge in [-0.1, -0.05) is 15.9 Å². The minimum absolute atomic E-state index is 0.240. The predicted molar refractivity (Wildman–Crippen MR) is 68.9 cm³/mol.